The minimum Gasteiger partial charge on any atom is -0.467 e. The van der Waals surface area contributed by atoms with Gasteiger partial charge in [0.1, 0.15) is 18.0 Å². The molecular formula is C16H15NO6. The molecule has 0 saturated carbocycles. The molecule has 0 N–H and O–H groups in total. The molecule has 2 fully saturated rings. The molecular weight excluding hydrogens is 302 g/mol. The molecule has 0 unspecified atom stereocenters. The van der Waals surface area contributed by atoms with E-state index >= 15 is 0 Å². The second-order valence-corrected chi connectivity index (χ2v) is 6.02. The van der Waals surface area contributed by atoms with E-state index in [-0.39, 0.29) is 25.0 Å². The molecule has 3 aliphatic heterocycles. The molecule has 0 aromatic carbocycles. The van der Waals surface area contributed by atoms with Crippen molar-refractivity contribution in [3.63, 3.8) is 0 Å². The number of hydrogen-bond donors (Lipinski definition) is 0. The number of hydrogen-bond acceptors (Lipinski definition) is 6. The van der Waals surface area contributed by atoms with Crippen LogP contribution in [0.2, 0.25) is 0 Å². The molecule has 4 rings (SSSR count). The number of ether oxygens (including phenoxy) is 2. The zero-order valence-electron chi connectivity index (χ0n) is 12.4. The molecule has 3 aliphatic rings. The van der Waals surface area contributed by atoms with Gasteiger partial charge in [-0.15, -0.1) is 0 Å². The van der Waals surface area contributed by atoms with Crippen LogP contribution in [0.15, 0.2) is 35.0 Å². The predicted molar refractivity (Wildman–Crippen MR) is 74.6 cm³/mol. The maximum absolute atomic E-state index is 12.8. The number of rotatable bonds is 4. The fourth-order valence-corrected chi connectivity index (χ4v) is 3.66. The normalized spacial score (nSPS) is 34.3. The van der Waals surface area contributed by atoms with Crippen LogP contribution in [0, 0.1) is 11.8 Å². The first-order chi connectivity index (χ1) is 11.0. The predicted octanol–water partition coefficient (Wildman–Crippen LogP) is 0.651. The highest BCUT2D eigenvalue weighted by Crippen LogP contribution is 2.52. The molecule has 2 amide bonds. The van der Waals surface area contributed by atoms with Crippen molar-refractivity contribution in [3.05, 3.63) is 36.3 Å². The van der Waals surface area contributed by atoms with E-state index in [0.29, 0.717) is 5.76 Å². The van der Waals surface area contributed by atoms with Crippen molar-refractivity contribution in [3.8, 4) is 0 Å². The molecule has 0 aliphatic carbocycles. The average Bonchev–Trinajstić information content (AvgIpc) is 3.26. The molecule has 1 aromatic heterocycles. The lowest BCUT2D eigenvalue weighted by Gasteiger charge is -2.27. The number of nitrogens with zero attached hydrogens (tertiary/aromatic N) is 1. The molecule has 2 bridgehead atoms. The second kappa shape index (κ2) is 4.79. The summed E-state index contributed by atoms with van der Waals surface area (Å²) in [6, 6.07) is 3.42. The SMILES string of the molecule is CC(=O)OC[C@@]12C=C[C@@H](O1)[C@@H]1C(=O)N(Cc3ccco3)C(=O)[C@H]12. The molecule has 0 radical (unpaired) electrons. The lowest BCUT2D eigenvalue weighted by atomic mass is 9.77. The standard InChI is InChI=1S/C16H15NO6/c1-9(18)22-8-16-5-4-11(23-16)12-13(16)15(20)17(14(12)19)7-10-3-2-6-21-10/h2-6,11-13H,7-8H2,1H3/t11-,12+,13+,16-/m1/s1. The number of carbonyl (C=O) groups excluding carboxylic acids is 3. The van der Waals surface area contributed by atoms with Gasteiger partial charge in [0.25, 0.3) is 0 Å². The third-order valence-corrected chi connectivity index (χ3v) is 4.64. The summed E-state index contributed by atoms with van der Waals surface area (Å²) < 4.78 is 16.1. The van der Waals surface area contributed by atoms with Crippen molar-refractivity contribution < 1.29 is 28.3 Å². The zero-order chi connectivity index (χ0) is 16.2. The molecule has 7 nitrogen and oxygen atoms in total. The third-order valence-electron chi connectivity index (χ3n) is 4.64. The smallest absolute Gasteiger partial charge is 0.302 e. The Hall–Kier alpha value is -2.41. The van der Waals surface area contributed by atoms with Crippen LogP contribution in [0.1, 0.15) is 12.7 Å². The Morgan fingerprint density at radius 1 is 1.39 bits per heavy atom. The third kappa shape index (κ3) is 1.96. The second-order valence-electron chi connectivity index (χ2n) is 6.02. The summed E-state index contributed by atoms with van der Waals surface area (Å²) in [7, 11) is 0. The number of furan rings is 1. The first-order valence-corrected chi connectivity index (χ1v) is 7.40. The van der Waals surface area contributed by atoms with Crippen LogP contribution in [0.5, 0.6) is 0 Å². The van der Waals surface area contributed by atoms with Gasteiger partial charge in [-0.3, -0.25) is 19.3 Å². The fraction of sp³-hybridized carbons (Fsp3) is 0.438. The summed E-state index contributed by atoms with van der Waals surface area (Å²) in [5.41, 5.74) is -1.04. The fourth-order valence-electron chi connectivity index (χ4n) is 3.66. The van der Waals surface area contributed by atoms with Gasteiger partial charge in [-0.05, 0) is 18.2 Å². The van der Waals surface area contributed by atoms with Crippen molar-refractivity contribution in [1.82, 2.24) is 4.90 Å². The largest absolute Gasteiger partial charge is 0.467 e. The molecule has 4 atom stereocenters. The lowest BCUT2D eigenvalue weighted by Crippen LogP contribution is -2.44. The number of amides is 2. The van der Waals surface area contributed by atoms with Crippen LogP contribution in [0.25, 0.3) is 0 Å². The van der Waals surface area contributed by atoms with Gasteiger partial charge in [-0.2, -0.15) is 0 Å². The van der Waals surface area contributed by atoms with Crippen LogP contribution < -0.4 is 0 Å². The van der Waals surface area contributed by atoms with Crippen LogP contribution in [-0.2, 0) is 30.4 Å². The van der Waals surface area contributed by atoms with Crippen molar-refractivity contribution in [2.24, 2.45) is 11.8 Å². The number of fused-ring (bicyclic) bond motifs is 5. The average molecular weight is 317 g/mol. The van der Waals surface area contributed by atoms with Gasteiger partial charge in [0.15, 0.2) is 0 Å². The lowest BCUT2D eigenvalue weighted by molar-refractivity contribution is -0.155. The van der Waals surface area contributed by atoms with Gasteiger partial charge in [0, 0.05) is 6.92 Å². The Bertz CT molecular complexity index is 708. The van der Waals surface area contributed by atoms with E-state index < -0.39 is 29.5 Å². The van der Waals surface area contributed by atoms with Gasteiger partial charge in [-0.25, -0.2) is 0 Å². The summed E-state index contributed by atoms with van der Waals surface area (Å²) in [5.74, 6) is -1.70. The highest BCUT2D eigenvalue weighted by atomic mass is 16.6. The quantitative estimate of drug-likeness (QED) is 0.460. The maximum atomic E-state index is 12.8. The minimum absolute atomic E-state index is 0.0654. The van der Waals surface area contributed by atoms with Gasteiger partial charge in [0.2, 0.25) is 11.8 Å². The molecule has 23 heavy (non-hydrogen) atoms. The first-order valence-electron chi connectivity index (χ1n) is 7.40. The van der Waals surface area contributed by atoms with E-state index in [1.807, 2.05) is 0 Å². The zero-order valence-corrected chi connectivity index (χ0v) is 12.4. The molecule has 120 valence electrons. The van der Waals surface area contributed by atoms with E-state index in [2.05, 4.69) is 0 Å². The number of carbonyl (C=O) groups is 3. The first kappa shape index (κ1) is 14.2. The Labute approximate surface area is 131 Å². The Kier molecular flexibility index (Phi) is 2.96. The maximum Gasteiger partial charge on any atom is 0.302 e. The highest BCUT2D eigenvalue weighted by Gasteiger charge is 2.68. The van der Waals surface area contributed by atoms with Crippen molar-refractivity contribution in [2.75, 3.05) is 6.61 Å². The topological polar surface area (TPSA) is 86.1 Å². The summed E-state index contributed by atoms with van der Waals surface area (Å²) in [6.45, 7) is 1.34. The summed E-state index contributed by atoms with van der Waals surface area (Å²) >= 11 is 0. The van der Waals surface area contributed by atoms with E-state index in [1.54, 1.807) is 24.3 Å². The summed E-state index contributed by atoms with van der Waals surface area (Å²) in [6.07, 6.45) is 4.56. The Morgan fingerprint density at radius 2 is 2.22 bits per heavy atom. The number of likely N-dealkylation sites (tertiary alicyclic amines) is 1. The van der Waals surface area contributed by atoms with E-state index in [0.717, 1.165) is 0 Å². The van der Waals surface area contributed by atoms with Gasteiger partial charge >= 0.3 is 5.97 Å². The molecule has 0 spiro atoms. The van der Waals surface area contributed by atoms with E-state index in [4.69, 9.17) is 13.9 Å². The molecule has 4 heterocycles. The van der Waals surface area contributed by atoms with Crippen LogP contribution >= 0.6 is 0 Å². The number of esters is 1. The number of imide groups is 1. The Balaban J connectivity index is 1.61. The molecule has 2 saturated heterocycles. The van der Waals surface area contributed by atoms with Gasteiger partial charge < -0.3 is 13.9 Å². The molecule has 1 aromatic rings. The summed E-state index contributed by atoms with van der Waals surface area (Å²) in [5, 5.41) is 0. The molecule has 7 heteroatoms. The summed E-state index contributed by atoms with van der Waals surface area (Å²) in [4.78, 5) is 37.7. The van der Waals surface area contributed by atoms with E-state index in [1.165, 1.54) is 18.1 Å². The highest BCUT2D eigenvalue weighted by molar-refractivity contribution is 6.07. The van der Waals surface area contributed by atoms with Gasteiger partial charge in [0.05, 0.1) is 30.7 Å². The van der Waals surface area contributed by atoms with Crippen LogP contribution in [0.3, 0.4) is 0 Å². The van der Waals surface area contributed by atoms with Gasteiger partial charge in [-0.1, -0.05) is 6.08 Å². The minimum atomic E-state index is -1.04. The monoisotopic (exact) mass is 317 g/mol. The van der Waals surface area contributed by atoms with Crippen LogP contribution in [0.4, 0.5) is 0 Å². The Morgan fingerprint density at radius 3 is 2.91 bits per heavy atom. The van der Waals surface area contributed by atoms with E-state index in [9.17, 15) is 14.4 Å². The van der Waals surface area contributed by atoms with Crippen molar-refractivity contribution in [2.45, 2.75) is 25.2 Å². The van der Waals surface area contributed by atoms with Crippen molar-refractivity contribution in [1.29, 1.82) is 0 Å². The van der Waals surface area contributed by atoms with Crippen molar-refractivity contribution >= 4 is 17.8 Å². The van der Waals surface area contributed by atoms with Crippen LogP contribution in [-0.4, -0.2) is 41.0 Å².